The molecule has 41 heavy (non-hydrogen) atoms. The molecule has 2 bridgehead atoms. The zero-order chi connectivity index (χ0) is 28.8. The Morgan fingerprint density at radius 1 is 0.976 bits per heavy atom. The van der Waals surface area contributed by atoms with Crippen LogP contribution in [0, 0.1) is 11.5 Å². The van der Waals surface area contributed by atoms with Gasteiger partial charge in [-0.2, -0.15) is 0 Å². The highest BCUT2D eigenvalue weighted by atomic mass is 28.3. The average Bonchev–Trinajstić information content (AvgIpc) is 3.62. The Kier molecular flexibility index (Phi) is 7.41. The van der Waals surface area contributed by atoms with Crippen LogP contribution in [0.25, 0.3) is 11.3 Å². The van der Waals surface area contributed by atoms with E-state index in [1.54, 1.807) is 12.1 Å². The summed E-state index contributed by atoms with van der Waals surface area (Å²) in [6.07, 6.45) is 1.26. The SMILES string of the molecule is C[Si](C)(C)C#Cc1ccc(N2C3CCC2CC(OCc2c(-c4ccccc4OC(F)(F)F)noc2C2CC2)C3)cc1. The van der Waals surface area contributed by atoms with Gasteiger partial charge in [0, 0.05) is 40.4 Å². The zero-order valence-corrected chi connectivity index (χ0v) is 24.6. The van der Waals surface area contributed by atoms with Crippen molar-refractivity contribution >= 4 is 13.8 Å². The summed E-state index contributed by atoms with van der Waals surface area (Å²) in [6.45, 7) is 6.99. The number of halogens is 3. The number of para-hydroxylation sites is 1. The van der Waals surface area contributed by atoms with Gasteiger partial charge in [0.25, 0.3) is 0 Å². The standard InChI is InChI=1S/C32H35F3N2O3Si/c1-41(2,3)17-16-21-8-12-23(13-9-21)37-24-14-15-25(37)19-26(18-24)38-20-28-30(36-40-31(28)22-10-11-22)27-6-4-5-7-29(27)39-32(33,34)35/h4-9,12-13,22,24-26H,10-11,14-15,18-20H2,1-3H3. The minimum absolute atomic E-state index is 0.0575. The fourth-order valence-corrected chi connectivity index (χ4v) is 6.60. The number of nitrogens with zero attached hydrogens (tertiary/aromatic N) is 2. The van der Waals surface area contributed by atoms with Gasteiger partial charge in [-0.25, -0.2) is 0 Å². The van der Waals surface area contributed by atoms with Gasteiger partial charge in [0.15, 0.2) is 0 Å². The summed E-state index contributed by atoms with van der Waals surface area (Å²) in [6, 6.07) is 15.5. The fourth-order valence-electron chi connectivity index (χ4n) is 6.08. The fraction of sp³-hybridized carbons (Fsp3) is 0.469. The van der Waals surface area contributed by atoms with Gasteiger partial charge in [0.05, 0.1) is 12.7 Å². The van der Waals surface area contributed by atoms with Crippen LogP contribution >= 0.6 is 0 Å². The zero-order valence-electron chi connectivity index (χ0n) is 23.6. The van der Waals surface area contributed by atoms with Crippen LogP contribution in [0.2, 0.25) is 19.6 Å². The van der Waals surface area contributed by atoms with Gasteiger partial charge in [-0.3, -0.25) is 0 Å². The van der Waals surface area contributed by atoms with E-state index in [1.165, 1.54) is 17.8 Å². The quantitative estimate of drug-likeness (QED) is 0.209. The maximum absolute atomic E-state index is 13.1. The molecule has 0 radical (unpaired) electrons. The number of hydrogen-bond acceptors (Lipinski definition) is 5. The number of benzene rings is 2. The molecule has 0 amide bonds. The Morgan fingerprint density at radius 2 is 1.66 bits per heavy atom. The molecule has 6 rings (SSSR count). The Bertz CT molecular complexity index is 1430. The third-order valence-corrected chi connectivity index (χ3v) is 8.91. The molecule has 2 atom stereocenters. The first kappa shape index (κ1) is 27.9. The Hall–Kier alpha value is -3.22. The van der Waals surface area contributed by atoms with Gasteiger partial charge in [-0.15, -0.1) is 18.7 Å². The second kappa shape index (κ2) is 10.9. The molecule has 1 aromatic heterocycles. The average molecular weight is 581 g/mol. The van der Waals surface area contributed by atoms with E-state index >= 15 is 0 Å². The van der Waals surface area contributed by atoms with Crippen LogP contribution in [0.1, 0.15) is 61.3 Å². The summed E-state index contributed by atoms with van der Waals surface area (Å²) < 4.78 is 55.8. The molecule has 3 heterocycles. The molecule has 3 aromatic rings. The molecular formula is C32H35F3N2O3Si. The van der Waals surface area contributed by atoms with Crippen molar-refractivity contribution in [2.24, 2.45) is 0 Å². The lowest BCUT2D eigenvalue weighted by Crippen LogP contribution is -2.45. The van der Waals surface area contributed by atoms with E-state index in [2.05, 4.69) is 70.2 Å². The predicted molar refractivity (Wildman–Crippen MR) is 154 cm³/mol. The topological polar surface area (TPSA) is 47.7 Å². The largest absolute Gasteiger partial charge is 0.573 e. The van der Waals surface area contributed by atoms with Crippen LogP contribution in [0.15, 0.2) is 53.1 Å². The molecule has 2 aliphatic heterocycles. The Balaban J connectivity index is 1.16. The Labute approximate surface area is 240 Å². The summed E-state index contributed by atoms with van der Waals surface area (Å²) in [5.41, 5.74) is 7.07. The molecule has 216 valence electrons. The number of anilines is 1. The molecular weight excluding hydrogens is 545 g/mol. The van der Waals surface area contributed by atoms with Gasteiger partial charge in [-0.05, 0) is 74.9 Å². The third kappa shape index (κ3) is 6.49. The molecule has 0 spiro atoms. The highest BCUT2D eigenvalue weighted by molar-refractivity contribution is 6.83. The van der Waals surface area contributed by atoms with E-state index < -0.39 is 14.4 Å². The maximum Gasteiger partial charge on any atom is 0.573 e. The summed E-state index contributed by atoms with van der Waals surface area (Å²) in [5.74, 6) is 4.00. The summed E-state index contributed by atoms with van der Waals surface area (Å²) in [5, 5.41) is 4.21. The molecule has 2 saturated heterocycles. The minimum Gasteiger partial charge on any atom is -0.405 e. The number of ether oxygens (including phenoxy) is 2. The van der Waals surface area contributed by atoms with Crippen molar-refractivity contribution in [3.05, 3.63) is 65.4 Å². The predicted octanol–water partition coefficient (Wildman–Crippen LogP) is 8.06. The van der Waals surface area contributed by atoms with Crippen LogP contribution in [0.3, 0.4) is 0 Å². The van der Waals surface area contributed by atoms with E-state index in [-0.39, 0.29) is 29.9 Å². The van der Waals surface area contributed by atoms with E-state index in [0.717, 1.165) is 55.4 Å². The molecule has 2 aromatic carbocycles. The summed E-state index contributed by atoms with van der Waals surface area (Å²) in [4.78, 5) is 2.54. The monoisotopic (exact) mass is 580 g/mol. The number of alkyl halides is 3. The first-order chi connectivity index (χ1) is 19.5. The van der Waals surface area contributed by atoms with Crippen LogP contribution in [-0.2, 0) is 11.3 Å². The summed E-state index contributed by atoms with van der Waals surface area (Å²) in [7, 11) is -1.42. The van der Waals surface area contributed by atoms with Gasteiger partial charge in [0.1, 0.15) is 25.3 Å². The third-order valence-electron chi connectivity index (χ3n) is 8.04. The Morgan fingerprint density at radius 3 is 2.29 bits per heavy atom. The number of fused-ring (bicyclic) bond motifs is 2. The molecule has 9 heteroatoms. The van der Waals surface area contributed by atoms with Crippen LogP contribution < -0.4 is 9.64 Å². The van der Waals surface area contributed by atoms with Crippen molar-refractivity contribution in [2.75, 3.05) is 4.90 Å². The van der Waals surface area contributed by atoms with E-state index in [9.17, 15) is 13.2 Å². The molecule has 1 aliphatic carbocycles. The number of rotatable bonds is 7. The van der Waals surface area contributed by atoms with Crippen molar-refractivity contribution in [3.8, 4) is 28.5 Å². The maximum atomic E-state index is 13.1. The van der Waals surface area contributed by atoms with Crippen LogP contribution in [0.5, 0.6) is 5.75 Å². The number of hydrogen-bond donors (Lipinski definition) is 0. The van der Waals surface area contributed by atoms with Gasteiger partial charge in [0.2, 0.25) is 0 Å². The van der Waals surface area contributed by atoms with Gasteiger partial charge < -0.3 is 18.9 Å². The van der Waals surface area contributed by atoms with Crippen LogP contribution in [-0.4, -0.2) is 37.8 Å². The van der Waals surface area contributed by atoms with E-state index in [4.69, 9.17) is 9.26 Å². The highest BCUT2D eigenvalue weighted by Crippen LogP contribution is 2.46. The van der Waals surface area contributed by atoms with Gasteiger partial charge in [-0.1, -0.05) is 42.9 Å². The van der Waals surface area contributed by atoms with Crippen molar-refractivity contribution in [1.29, 1.82) is 0 Å². The van der Waals surface area contributed by atoms with E-state index in [0.29, 0.717) is 17.8 Å². The van der Waals surface area contributed by atoms with Gasteiger partial charge >= 0.3 is 6.36 Å². The first-order valence-corrected chi connectivity index (χ1v) is 17.9. The molecule has 1 saturated carbocycles. The van der Waals surface area contributed by atoms with E-state index in [1.807, 2.05) is 0 Å². The van der Waals surface area contributed by atoms with Crippen molar-refractivity contribution in [2.45, 2.75) is 95.2 Å². The van der Waals surface area contributed by atoms with Crippen molar-refractivity contribution in [3.63, 3.8) is 0 Å². The smallest absolute Gasteiger partial charge is 0.405 e. The lowest BCUT2D eigenvalue weighted by molar-refractivity contribution is -0.274. The van der Waals surface area contributed by atoms with Crippen molar-refractivity contribution < 1.29 is 27.2 Å². The molecule has 3 fully saturated rings. The lowest BCUT2D eigenvalue weighted by Gasteiger charge is -2.40. The second-order valence-corrected chi connectivity index (χ2v) is 17.2. The normalized spacial score (nSPS) is 22.4. The number of aromatic nitrogens is 1. The minimum atomic E-state index is -4.80. The number of piperidine rings is 1. The molecule has 0 N–H and O–H groups in total. The lowest BCUT2D eigenvalue weighted by atomic mass is 9.98. The highest BCUT2D eigenvalue weighted by Gasteiger charge is 2.42. The second-order valence-electron chi connectivity index (χ2n) is 12.4. The summed E-state index contributed by atoms with van der Waals surface area (Å²) >= 11 is 0. The molecule has 2 unspecified atom stereocenters. The van der Waals surface area contributed by atoms with Crippen molar-refractivity contribution in [1.82, 2.24) is 5.16 Å². The molecule has 3 aliphatic rings. The van der Waals surface area contributed by atoms with Crippen LogP contribution in [0.4, 0.5) is 18.9 Å². The first-order valence-electron chi connectivity index (χ1n) is 14.4. The molecule has 5 nitrogen and oxygen atoms in total.